The smallest absolute Gasteiger partial charge is 0.123 e. The lowest BCUT2D eigenvalue weighted by atomic mass is 10.0. The molecule has 5 nitrogen and oxygen atoms in total. The van der Waals surface area contributed by atoms with Crippen molar-refractivity contribution >= 4 is 0 Å². The number of hydrogen-bond acceptors (Lipinski definition) is 5. The number of ether oxygens (including phenoxy) is 3. The number of aromatic nitrogens is 1. The molecule has 0 unspecified atom stereocenters. The zero-order valence-corrected chi connectivity index (χ0v) is 15.1. The Balaban J connectivity index is 1.85. The molecule has 1 aromatic carbocycles. The van der Waals surface area contributed by atoms with Gasteiger partial charge < -0.3 is 14.2 Å². The zero-order chi connectivity index (χ0) is 17.6. The minimum Gasteiger partial charge on any atom is -0.496 e. The van der Waals surface area contributed by atoms with E-state index in [1.807, 2.05) is 30.6 Å². The minimum absolute atomic E-state index is 0.259. The highest BCUT2D eigenvalue weighted by molar-refractivity contribution is 5.65. The summed E-state index contributed by atoms with van der Waals surface area (Å²) in [5.74, 6) is 0.912. The van der Waals surface area contributed by atoms with Gasteiger partial charge >= 0.3 is 0 Å². The molecule has 0 N–H and O–H groups in total. The van der Waals surface area contributed by atoms with Crippen molar-refractivity contribution in [3.05, 3.63) is 48.3 Å². The highest BCUT2D eigenvalue weighted by atomic mass is 16.5. The topological polar surface area (TPSA) is 43.8 Å². The first kappa shape index (κ1) is 17.9. The minimum atomic E-state index is 0.259. The molecule has 1 fully saturated rings. The predicted molar refractivity (Wildman–Crippen MR) is 97.7 cm³/mol. The second-order valence-corrected chi connectivity index (χ2v) is 6.39. The number of pyridine rings is 1. The fourth-order valence-corrected chi connectivity index (χ4v) is 3.51. The summed E-state index contributed by atoms with van der Waals surface area (Å²) in [5.41, 5.74) is 3.50. The zero-order valence-electron chi connectivity index (χ0n) is 15.1. The van der Waals surface area contributed by atoms with Crippen molar-refractivity contribution in [3.8, 4) is 16.9 Å². The average Bonchev–Trinajstić information content (AvgIpc) is 3.04. The largest absolute Gasteiger partial charge is 0.496 e. The van der Waals surface area contributed by atoms with Crippen molar-refractivity contribution in [2.24, 2.45) is 0 Å². The standard InChI is InChI=1S/C20H26N2O3/c1-23-14-18-11-19(24-2)13-22(18)12-17-10-16(4-5-20(17)25-3)15-6-8-21-9-7-15/h4-10,18-19H,11-14H2,1-3H3/t18-,19-/m0/s1. The number of likely N-dealkylation sites (tertiary alicyclic amines) is 1. The molecule has 0 bridgehead atoms. The maximum atomic E-state index is 5.59. The van der Waals surface area contributed by atoms with Crippen molar-refractivity contribution in [2.45, 2.75) is 25.1 Å². The lowest BCUT2D eigenvalue weighted by Crippen LogP contribution is -2.32. The number of hydrogen-bond donors (Lipinski definition) is 0. The van der Waals surface area contributed by atoms with Gasteiger partial charge in [-0.05, 0) is 41.8 Å². The third kappa shape index (κ3) is 4.18. The summed E-state index contributed by atoms with van der Waals surface area (Å²) in [6.45, 7) is 2.44. The molecule has 1 aromatic heterocycles. The van der Waals surface area contributed by atoms with E-state index >= 15 is 0 Å². The molecule has 0 radical (unpaired) electrons. The molecule has 2 aromatic rings. The molecular weight excluding hydrogens is 316 g/mol. The first-order chi connectivity index (χ1) is 12.2. The Morgan fingerprint density at radius 3 is 2.56 bits per heavy atom. The summed E-state index contributed by atoms with van der Waals surface area (Å²) in [5, 5.41) is 0. The third-order valence-electron chi connectivity index (χ3n) is 4.85. The molecule has 1 saturated heterocycles. The van der Waals surface area contributed by atoms with E-state index in [4.69, 9.17) is 14.2 Å². The molecular formula is C20H26N2O3. The summed E-state index contributed by atoms with van der Waals surface area (Å²) >= 11 is 0. The highest BCUT2D eigenvalue weighted by Gasteiger charge is 2.32. The van der Waals surface area contributed by atoms with Crippen molar-refractivity contribution in [3.63, 3.8) is 0 Å². The predicted octanol–water partition coefficient (Wildman–Crippen LogP) is 2.99. The van der Waals surface area contributed by atoms with Gasteiger partial charge in [0.05, 0.1) is 19.8 Å². The molecule has 134 valence electrons. The lowest BCUT2D eigenvalue weighted by Gasteiger charge is -2.24. The number of benzene rings is 1. The molecule has 2 atom stereocenters. The molecule has 0 aliphatic carbocycles. The monoisotopic (exact) mass is 342 g/mol. The molecule has 1 aliphatic heterocycles. The van der Waals surface area contributed by atoms with Crippen LogP contribution in [-0.4, -0.2) is 56.5 Å². The highest BCUT2D eigenvalue weighted by Crippen LogP contribution is 2.30. The van der Waals surface area contributed by atoms with Crippen LogP contribution in [0.4, 0.5) is 0 Å². The van der Waals surface area contributed by atoms with Crippen LogP contribution in [0.3, 0.4) is 0 Å². The molecule has 3 rings (SSSR count). The van der Waals surface area contributed by atoms with Crippen LogP contribution < -0.4 is 4.74 Å². The Morgan fingerprint density at radius 1 is 1.08 bits per heavy atom. The van der Waals surface area contributed by atoms with E-state index in [0.29, 0.717) is 12.6 Å². The third-order valence-corrected chi connectivity index (χ3v) is 4.85. The SMILES string of the molecule is COC[C@@H]1C[C@H](OC)CN1Cc1cc(-c2ccncc2)ccc1OC. The van der Waals surface area contributed by atoms with Gasteiger partial charge in [-0.3, -0.25) is 9.88 Å². The molecule has 25 heavy (non-hydrogen) atoms. The molecule has 1 aliphatic rings. The quantitative estimate of drug-likeness (QED) is 0.774. The summed E-state index contributed by atoms with van der Waals surface area (Å²) in [6.07, 6.45) is 4.89. The van der Waals surface area contributed by atoms with E-state index in [0.717, 1.165) is 30.8 Å². The second-order valence-electron chi connectivity index (χ2n) is 6.39. The van der Waals surface area contributed by atoms with Crippen molar-refractivity contribution in [1.29, 1.82) is 0 Å². The summed E-state index contributed by atoms with van der Waals surface area (Å²) in [7, 11) is 5.26. The second kappa shape index (κ2) is 8.43. The van der Waals surface area contributed by atoms with E-state index in [1.54, 1.807) is 21.3 Å². The molecule has 0 amide bonds. The summed E-state index contributed by atoms with van der Waals surface area (Å²) in [6, 6.07) is 10.8. The Labute approximate surface area is 149 Å². The van der Waals surface area contributed by atoms with Gasteiger partial charge in [0.15, 0.2) is 0 Å². The van der Waals surface area contributed by atoms with Crippen LogP contribution in [-0.2, 0) is 16.0 Å². The Kier molecular flexibility index (Phi) is 6.02. The van der Waals surface area contributed by atoms with Crippen LogP contribution >= 0.6 is 0 Å². The van der Waals surface area contributed by atoms with E-state index in [9.17, 15) is 0 Å². The van der Waals surface area contributed by atoms with Gasteiger partial charge in [0, 0.05) is 51.3 Å². The van der Waals surface area contributed by atoms with E-state index in [-0.39, 0.29) is 6.10 Å². The first-order valence-electron chi connectivity index (χ1n) is 8.58. The average molecular weight is 342 g/mol. The molecule has 5 heteroatoms. The van der Waals surface area contributed by atoms with Crippen LogP contribution in [0.2, 0.25) is 0 Å². The van der Waals surface area contributed by atoms with Crippen LogP contribution in [0.25, 0.3) is 11.1 Å². The van der Waals surface area contributed by atoms with E-state index < -0.39 is 0 Å². The van der Waals surface area contributed by atoms with Gasteiger partial charge in [-0.25, -0.2) is 0 Å². The van der Waals surface area contributed by atoms with Crippen LogP contribution in [0.15, 0.2) is 42.7 Å². The van der Waals surface area contributed by atoms with Crippen LogP contribution in [0.1, 0.15) is 12.0 Å². The number of rotatable bonds is 7. The lowest BCUT2D eigenvalue weighted by molar-refractivity contribution is 0.105. The van der Waals surface area contributed by atoms with Gasteiger partial charge in [0.1, 0.15) is 5.75 Å². The van der Waals surface area contributed by atoms with Crippen LogP contribution in [0, 0.1) is 0 Å². The van der Waals surface area contributed by atoms with Crippen molar-refractivity contribution < 1.29 is 14.2 Å². The fraction of sp³-hybridized carbons (Fsp3) is 0.450. The van der Waals surface area contributed by atoms with Crippen molar-refractivity contribution in [1.82, 2.24) is 9.88 Å². The van der Waals surface area contributed by atoms with Gasteiger partial charge in [-0.2, -0.15) is 0 Å². The first-order valence-corrected chi connectivity index (χ1v) is 8.58. The van der Waals surface area contributed by atoms with Crippen molar-refractivity contribution in [2.75, 3.05) is 34.5 Å². The van der Waals surface area contributed by atoms with E-state index in [1.165, 1.54) is 11.1 Å². The molecule has 2 heterocycles. The molecule has 0 spiro atoms. The number of methoxy groups -OCH3 is 3. The Bertz CT molecular complexity index is 678. The Hall–Kier alpha value is -1.95. The maximum Gasteiger partial charge on any atom is 0.123 e. The normalized spacial score (nSPS) is 20.8. The Morgan fingerprint density at radius 2 is 1.88 bits per heavy atom. The van der Waals surface area contributed by atoms with E-state index in [2.05, 4.69) is 22.0 Å². The number of nitrogens with zero attached hydrogens (tertiary/aromatic N) is 2. The molecule has 0 saturated carbocycles. The summed E-state index contributed by atoms with van der Waals surface area (Å²) in [4.78, 5) is 6.52. The summed E-state index contributed by atoms with van der Waals surface area (Å²) < 4.78 is 16.6. The van der Waals surface area contributed by atoms with Gasteiger partial charge in [0.2, 0.25) is 0 Å². The maximum absolute atomic E-state index is 5.59. The van der Waals surface area contributed by atoms with Gasteiger partial charge in [-0.15, -0.1) is 0 Å². The fourth-order valence-electron chi connectivity index (χ4n) is 3.51. The van der Waals surface area contributed by atoms with Gasteiger partial charge in [-0.1, -0.05) is 6.07 Å². The van der Waals surface area contributed by atoms with Crippen LogP contribution in [0.5, 0.6) is 5.75 Å². The van der Waals surface area contributed by atoms with Gasteiger partial charge in [0.25, 0.3) is 0 Å².